The van der Waals surface area contributed by atoms with E-state index in [1.165, 1.54) is 0 Å². The van der Waals surface area contributed by atoms with E-state index < -0.39 is 10.0 Å². The van der Waals surface area contributed by atoms with Crippen molar-refractivity contribution in [2.45, 2.75) is 18.7 Å². The Morgan fingerprint density at radius 1 is 0.963 bits per heavy atom. The highest BCUT2D eigenvalue weighted by Crippen LogP contribution is 2.66. The number of allylic oxidation sites excluding steroid dienone is 4. The van der Waals surface area contributed by atoms with Gasteiger partial charge in [0.15, 0.2) is 5.78 Å². The lowest BCUT2D eigenvalue weighted by molar-refractivity contribution is -0.110. The lowest BCUT2D eigenvalue weighted by Crippen LogP contribution is -2.16. The molecule has 0 fully saturated rings. The molecule has 1 aliphatic heterocycles. The fourth-order valence-corrected chi connectivity index (χ4v) is 6.00. The number of nitrogen functional groups attached to an aromatic ring is 1. The smallest absolute Gasteiger partial charge is 0.179 e. The van der Waals surface area contributed by atoms with Crippen LogP contribution in [0, 0.1) is 0 Å². The Bertz CT molecular complexity index is 996. The van der Waals surface area contributed by atoms with E-state index in [2.05, 4.69) is 12.5 Å². The molecule has 1 heterocycles. The van der Waals surface area contributed by atoms with Gasteiger partial charge in [-0.2, -0.15) is 10.0 Å². The van der Waals surface area contributed by atoms with E-state index in [0.29, 0.717) is 5.69 Å². The summed E-state index contributed by atoms with van der Waals surface area (Å²) in [5, 5.41) is 10.0. The number of fused-ring (bicyclic) bond motifs is 2. The van der Waals surface area contributed by atoms with Crippen LogP contribution in [0.15, 0.2) is 76.1 Å². The van der Waals surface area contributed by atoms with Gasteiger partial charge in [-0.1, -0.05) is 26.0 Å². The van der Waals surface area contributed by atoms with Gasteiger partial charge in [0.1, 0.15) is 5.75 Å². The number of carbonyl (C=O) groups is 1. The van der Waals surface area contributed by atoms with Crippen molar-refractivity contribution in [3.05, 3.63) is 82.3 Å². The largest absolute Gasteiger partial charge is 0.508 e. The summed E-state index contributed by atoms with van der Waals surface area (Å²) in [7, 11) is -1.40. The van der Waals surface area contributed by atoms with Crippen molar-refractivity contribution < 1.29 is 9.90 Å². The minimum absolute atomic E-state index is 0.0135. The van der Waals surface area contributed by atoms with Crippen LogP contribution < -0.4 is 5.73 Å². The quantitative estimate of drug-likeness (QED) is 0.664. The topological polar surface area (TPSA) is 63.3 Å². The van der Waals surface area contributed by atoms with E-state index in [9.17, 15) is 9.90 Å². The van der Waals surface area contributed by atoms with E-state index in [1.807, 2.05) is 56.3 Å². The predicted molar refractivity (Wildman–Crippen MR) is 116 cm³/mol. The second kappa shape index (κ2) is 7.12. The molecule has 1 aliphatic carbocycles. The van der Waals surface area contributed by atoms with Crippen molar-refractivity contribution in [2.75, 3.05) is 18.2 Å². The van der Waals surface area contributed by atoms with Gasteiger partial charge in [-0.15, -0.1) is 0 Å². The second-order valence-electron chi connectivity index (χ2n) is 6.66. The Labute approximate surface area is 162 Å². The van der Waals surface area contributed by atoms with Crippen molar-refractivity contribution in [2.24, 2.45) is 0 Å². The van der Waals surface area contributed by atoms with Gasteiger partial charge in [-0.3, -0.25) is 4.79 Å². The van der Waals surface area contributed by atoms with Crippen molar-refractivity contribution in [1.82, 2.24) is 0 Å². The summed E-state index contributed by atoms with van der Waals surface area (Å²) >= 11 is 0. The van der Waals surface area contributed by atoms with Crippen molar-refractivity contribution in [3.8, 4) is 5.75 Å². The molecular weight excluding hydrogens is 354 g/mol. The maximum atomic E-state index is 12.0. The molecule has 27 heavy (non-hydrogen) atoms. The first-order valence-corrected chi connectivity index (χ1v) is 11.4. The molecule has 3 N–H and O–H groups in total. The summed E-state index contributed by atoms with van der Waals surface area (Å²) in [6, 6.07) is 13.3. The third-order valence-electron chi connectivity index (χ3n) is 4.76. The molecule has 140 valence electrons. The van der Waals surface area contributed by atoms with Crippen LogP contribution in [0.5, 0.6) is 5.75 Å². The summed E-state index contributed by atoms with van der Waals surface area (Å²) in [4.78, 5) is 14.2. The van der Waals surface area contributed by atoms with E-state index in [0.717, 1.165) is 32.1 Å². The monoisotopic (exact) mass is 379 g/mol. The maximum absolute atomic E-state index is 12.0. The molecule has 0 spiro atoms. The average Bonchev–Trinajstić information content (AvgIpc) is 2.66. The standard InChI is InChI=1S/C21H19NO2S.C2H6/c1-25(2)19-11-15(23)7-9-17(19)21(13-3-5-14(22)6-4-13)18-10-8-16(24)12-20(18)25;1-2/h3-12,23H,22H2,1-2H3;1-2H3. The molecule has 2 aromatic rings. The van der Waals surface area contributed by atoms with E-state index in [4.69, 9.17) is 5.73 Å². The molecule has 2 aromatic carbocycles. The fraction of sp³-hybridized carbons (Fsp3) is 0.174. The Hall–Kier alpha value is -2.72. The highest BCUT2D eigenvalue weighted by Gasteiger charge is 2.35. The SMILES string of the molecule is CC.CS1(C)C2=CC(=O)C=CC2=C(c2ccc(N)cc2)c2ccc(O)cc21. The minimum atomic E-state index is -1.40. The van der Waals surface area contributed by atoms with E-state index in [1.54, 1.807) is 18.2 Å². The molecule has 0 saturated heterocycles. The first kappa shape index (κ1) is 19.1. The number of aromatic hydroxyl groups is 1. The number of benzene rings is 2. The molecule has 0 bridgehead atoms. The van der Waals surface area contributed by atoms with Crippen LogP contribution in [-0.4, -0.2) is 23.4 Å². The summed E-state index contributed by atoms with van der Waals surface area (Å²) in [6.45, 7) is 4.00. The number of rotatable bonds is 1. The Morgan fingerprint density at radius 3 is 2.30 bits per heavy atom. The predicted octanol–water partition coefficient (Wildman–Crippen LogP) is 5.26. The van der Waals surface area contributed by atoms with Crippen LogP contribution in [-0.2, 0) is 4.79 Å². The zero-order valence-electron chi connectivity index (χ0n) is 16.1. The lowest BCUT2D eigenvalue weighted by atomic mass is 9.90. The Kier molecular flexibility index (Phi) is 5.03. The zero-order valence-corrected chi connectivity index (χ0v) is 16.9. The molecule has 0 atom stereocenters. The fourth-order valence-electron chi connectivity index (χ4n) is 3.50. The molecule has 2 aliphatic rings. The van der Waals surface area contributed by atoms with Gasteiger partial charge in [-0.05, 0) is 83.3 Å². The summed E-state index contributed by atoms with van der Waals surface area (Å²) in [6.07, 6.45) is 9.63. The summed E-state index contributed by atoms with van der Waals surface area (Å²) in [5.41, 5.74) is 10.9. The van der Waals surface area contributed by atoms with Crippen LogP contribution in [0.2, 0.25) is 0 Å². The van der Waals surface area contributed by atoms with Gasteiger partial charge >= 0.3 is 0 Å². The molecule has 4 rings (SSSR count). The highest BCUT2D eigenvalue weighted by atomic mass is 32.3. The molecule has 0 aromatic heterocycles. The number of carbonyl (C=O) groups excluding carboxylic acids is 1. The third kappa shape index (κ3) is 3.21. The lowest BCUT2D eigenvalue weighted by Gasteiger charge is -2.42. The van der Waals surface area contributed by atoms with Crippen LogP contribution in [0.3, 0.4) is 0 Å². The van der Waals surface area contributed by atoms with Gasteiger partial charge in [0.2, 0.25) is 0 Å². The Morgan fingerprint density at radius 2 is 1.63 bits per heavy atom. The van der Waals surface area contributed by atoms with Gasteiger partial charge in [-0.25, -0.2) is 0 Å². The van der Waals surface area contributed by atoms with Gasteiger partial charge in [0.05, 0.1) is 0 Å². The van der Waals surface area contributed by atoms with Crippen LogP contribution in [0.4, 0.5) is 5.69 Å². The van der Waals surface area contributed by atoms with Crippen molar-refractivity contribution in [1.29, 1.82) is 0 Å². The molecule has 3 nitrogen and oxygen atoms in total. The summed E-state index contributed by atoms with van der Waals surface area (Å²) in [5.74, 6) is 0.261. The third-order valence-corrected chi connectivity index (χ3v) is 7.63. The molecule has 0 saturated carbocycles. The van der Waals surface area contributed by atoms with E-state index >= 15 is 0 Å². The van der Waals surface area contributed by atoms with Crippen LogP contribution in [0.1, 0.15) is 25.0 Å². The Balaban J connectivity index is 0.00000102. The first-order valence-electron chi connectivity index (χ1n) is 8.99. The van der Waals surface area contributed by atoms with E-state index in [-0.39, 0.29) is 11.5 Å². The molecular formula is C23H25NO2S. The number of ketones is 1. The van der Waals surface area contributed by atoms with Crippen LogP contribution in [0.25, 0.3) is 5.57 Å². The number of nitrogens with two attached hydrogens (primary N) is 1. The zero-order chi connectivity index (χ0) is 19.8. The summed E-state index contributed by atoms with van der Waals surface area (Å²) < 4.78 is 0. The second-order valence-corrected chi connectivity index (χ2v) is 10.2. The number of phenolic OH excluding ortho intramolecular Hbond substituents is 1. The highest BCUT2D eigenvalue weighted by molar-refractivity contribution is 8.36. The van der Waals surface area contributed by atoms with Gasteiger partial charge in [0.25, 0.3) is 0 Å². The maximum Gasteiger partial charge on any atom is 0.179 e. The molecule has 0 amide bonds. The van der Waals surface area contributed by atoms with Crippen molar-refractivity contribution >= 4 is 27.1 Å². The number of anilines is 1. The number of hydrogen-bond donors (Lipinski definition) is 2. The number of hydrogen-bond acceptors (Lipinski definition) is 3. The van der Waals surface area contributed by atoms with Gasteiger partial charge < -0.3 is 10.8 Å². The van der Waals surface area contributed by atoms with Crippen LogP contribution >= 0.6 is 10.0 Å². The molecule has 4 heteroatoms. The average molecular weight is 380 g/mol. The minimum Gasteiger partial charge on any atom is -0.508 e. The van der Waals surface area contributed by atoms with Gasteiger partial charge in [0, 0.05) is 15.5 Å². The normalized spacial score (nSPS) is 17.9. The number of phenols is 1. The molecule has 0 radical (unpaired) electrons. The first-order chi connectivity index (χ1) is 12.9. The van der Waals surface area contributed by atoms with Crippen molar-refractivity contribution in [3.63, 3.8) is 0 Å². The molecule has 0 unspecified atom stereocenters.